The van der Waals surface area contributed by atoms with Crippen LogP contribution in [0.5, 0.6) is 0 Å². The second kappa shape index (κ2) is 10.4. The lowest BCUT2D eigenvalue weighted by Crippen LogP contribution is -2.13. The number of rotatable bonds is 9. The van der Waals surface area contributed by atoms with Gasteiger partial charge in [-0.2, -0.15) is 0 Å². The highest BCUT2D eigenvalue weighted by Crippen LogP contribution is 2.30. The summed E-state index contributed by atoms with van der Waals surface area (Å²) < 4.78 is 7.47. The third-order valence-electron chi connectivity index (χ3n) is 5.63. The molecule has 2 N–H and O–H groups in total. The van der Waals surface area contributed by atoms with E-state index in [0.29, 0.717) is 18.1 Å². The van der Waals surface area contributed by atoms with Crippen molar-refractivity contribution in [2.45, 2.75) is 52.9 Å². The monoisotopic (exact) mass is 460 g/mol. The van der Waals surface area contributed by atoms with Crippen molar-refractivity contribution >= 4 is 5.97 Å². The number of hydrogen-bond acceptors (Lipinski definition) is 7. The molecule has 4 aromatic rings. The molecular weight excluding hydrogens is 432 g/mol. The molecule has 1 unspecified atom stereocenters. The van der Waals surface area contributed by atoms with Gasteiger partial charge in [-0.25, -0.2) is 14.9 Å². The number of tetrazole rings is 1. The number of hydrogen-bond donors (Lipinski definition) is 2. The van der Waals surface area contributed by atoms with E-state index in [9.17, 15) is 9.90 Å². The average molecular weight is 461 g/mol. The van der Waals surface area contributed by atoms with Crippen molar-refractivity contribution in [2.75, 3.05) is 0 Å². The van der Waals surface area contributed by atoms with Gasteiger partial charge in [-0.1, -0.05) is 55.5 Å². The van der Waals surface area contributed by atoms with Crippen LogP contribution in [-0.2, 0) is 24.3 Å². The number of benzene rings is 2. The van der Waals surface area contributed by atoms with Crippen LogP contribution in [0.4, 0.5) is 0 Å². The van der Waals surface area contributed by atoms with Crippen molar-refractivity contribution in [3.05, 3.63) is 71.3 Å². The third kappa shape index (κ3) is 4.74. The predicted molar refractivity (Wildman–Crippen MR) is 127 cm³/mol. The molecule has 176 valence electrons. The molecular formula is C25H28N6O3. The standard InChI is InChI=1S/C25H28N6O3/c1-4-8-21-26-22(23(16(3)32)31(21)5-2)25(33)34-15-17-11-13-18(14-12-17)19-9-6-7-10-20(19)24-27-29-30-28-24/h6-7,9-14,16,32H,4-5,8,15H2,1-3H3,(H,27,28,29,30). The summed E-state index contributed by atoms with van der Waals surface area (Å²) >= 11 is 0. The fraction of sp³-hybridized carbons (Fsp3) is 0.320. The molecule has 0 amide bonds. The highest BCUT2D eigenvalue weighted by Gasteiger charge is 2.25. The van der Waals surface area contributed by atoms with Crippen LogP contribution in [-0.4, -0.2) is 41.3 Å². The molecule has 4 rings (SSSR count). The number of esters is 1. The molecule has 0 aliphatic rings. The van der Waals surface area contributed by atoms with Crippen LogP contribution in [0.3, 0.4) is 0 Å². The number of aromatic amines is 1. The van der Waals surface area contributed by atoms with Gasteiger partial charge in [-0.05, 0) is 47.4 Å². The van der Waals surface area contributed by atoms with E-state index in [1.165, 1.54) is 0 Å². The fourth-order valence-corrected chi connectivity index (χ4v) is 4.07. The minimum atomic E-state index is -0.820. The maximum Gasteiger partial charge on any atom is 0.359 e. The van der Waals surface area contributed by atoms with E-state index in [1.54, 1.807) is 6.92 Å². The minimum absolute atomic E-state index is 0.105. The van der Waals surface area contributed by atoms with Gasteiger partial charge >= 0.3 is 5.97 Å². The molecule has 0 aliphatic heterocycles. The highest BCUT2D eigenvalue weighted by atomic mass is 16.5. The van der Waals surface area contributed by atoms with Crippen molar-refractivity contribution in [3.63, 3.8) is 0 Å². The summed E-state index contributed by atoms with van der Waals surface area (Å²) in [6, 6.07) is 15.6. The van der Waals surface area contributed by atoms with Gasteiger partial charge in [0.05, 0.1) is 11.8 Å². The molecule has 1 atom stereocenters. The first-order valence-corrected chi connectivity index (χ1v) is 11.4. The van der Waals surface area contributed by atoms with E-state index in [2.05, 4.69) is 32.5 Å². The number of aliphatic hydroxyl groups excluding tert-OH is 1. The lowest BCUT2D eigenvalue weighted by Gasteiger charge is -2.12. The molecule has 0 radical (unpaired) electrons. The second-order valence-corrected chi connectivity index (χ2v) is 8.00. The normalized spacial score (nSPS) is 12.0. The maximum absolute atomic E-state index is 12.9. The Kier molecular flexibility index (Phi) is 7.12. The van der Waals surface area contributed by atoms with Gasteiger partial charge in [-0.15, -0.1) is 5.10 Å². The summed E-state index contributed by atoms with van der Waals surface area (Å²) in [5.74, 6) is 0.849. The van der Waals surface area contributed by atoms with E-state index in [4.69, 9.17) is 4.74 Å². The van der Waals surface area contributed by atoms with Crippen LogP contribution in [0.15, 0.2) is 48.5 Å². The van der Waals surface area contributed by atoms with Gasteiger partial charge in [0.15, 0.2) is 11.5 Å². The lowest BCUT2D eigenvalue weighted by atomic mass is 9.98. The largest absolute Gasteiger partial charge is 0.456 e. The zero-order chi connectivity index (χ0) is 24.1. The number of carbonyl (C=O) groups excluding carboxylic acids is 1. The number of nitrogens with one attached hydrogen (secondary N) is 1. The van der Waals surface area contributed by atoms with E-state index in [0.717, 1.165) is 40.9 Å². The van der Waals surface area contributed by atoms with Crippen molar-refractivity contribution in [3.8, 4) is 22.5 Å². The van der Waals surface area contributed by atoms with Crippen molar-refractivity contribution < 1.29 is 14.6 Å². The van der Waals surface area contributed by atoms with E-state index in [-0.39, 0.29) is 12.3 Å². The summed E-state index contributed by atoms with van der Waals surface area (Å²) in [7, 11) is 0. The number of imidazole rings is 1. The number of aliphatic hydroxyl groups is 1. The number of aromatic nitrogens is 6. The van der Waals surface area contributed by atoms with Crippen LogP contribution < -0.4 is 0 Å². The number of carbonyl (C=O) groups is 1. The van der Waals surface area contributed by atoms with E-state index >= 15 is 0 Å². The SMILES string of the molecule is CCCc1nc(C(=O)OCc2ccc(-c3ccccc3-c3nnn[nH]3)cc2)c(C(C)O)n1CC. The number of nitrogens with zero attached hydrogens (tertiary/aromatic N) is 5. The van der Waals surface area contributed by atoms with Crippen LogP contribution >= 0.6 is 0 Å². The Morgan fingerprint density at radius 1 is 1.12 bits per heavy atom. The summed E-state index contributed by atoms with van der Waals surface area (Å²) in [5.41, 5.74) is 4.41. The number of aryl methyl sites for hydroxylation is 1. The van der Waals surface area contributed by atoms with Crippen LogP contribution in [0.2, 0.25) is 0 Å². The van der Waals surface area contributed by atoms with Gasteiger partial charge in [-0.3, -0.25) is 0 Å². The Morgan fingerprint density at radius 2 is 1.85 bits per heavy atom. The molecule has 0 bridgehead atoms. The zero-order valence-corrected chi connectivity index (χ0v) is 19.5. The quantitative estimate of drug-likeness (QED) is 0.361. The summed E-state index contributed by atoms with van der Waals surface area (Å²) in [6.45, 7) is 6.40. The van der Waals surface area contributed by atoms with Gasteiger partial charge in [0.1, 0.15) is 12.4 Å². The highest BCUT2D eigenvalue weighted by molar-refractivity contribution is 5.89. The Bertz CT molecular complexity index is 1250. The number of ether oxygens (including phenoxy) is 1. The Labute approximate surface area is 197 Å². The van der Waals surface area contributed by atoms with Crippen molar-refractivity contribution in [1.82, 2.24) is 30.2 Å². The maximum atomic E-state index is 12.9. The zero-order valence-electron chi connectivity index (χ0n) is 19.5. The molecule has 2 aromatic carbocycles. The van der Waals surface area contributed by atoms with Crippen molar-refractivity contribution in [1.29, 1.82) is 0 Å². The molecule has 9 nitrogen and oxygen atoms in total. The molecule has 0 fully saturated rings. The van der Waals surface area contributed by atoms with Crippen LogP contribution in [0.25, 0.3) is 22.5 Å². The van der Waals surface area contributed by atoms with Crippen LogP contribution in [0.1, 0.15) is 60.9 Å². The molecule has 34 heavy (non-hydrogen) atoms. The van der Waals surface area contributed by atoms with Crippen LogP contribution in [0, 0.1) is 0 Å². The average Bonchev–Trinajstić information content (AvgIpc) is 3.51. The van der Waals surface area contributed by atoms with Crippen molar-refractivity contribution in [2.24, 2.45) is 0 Å². The lowest BCUT2D eigenvalue weighted by molar-refractivity contribution is 0.0459. The molecule has 0 saturated carbocycles. The molecule has 0 spiro atoms. The molecule has 2 aromatic heterocycles. The summed E-state index contributed by atoms with van der Waals surface area (Å²) in [5, 5.41) is 24.4. The Morgan fingerprint density at radius 3 is 2.47 bits per heavy atom. The predicted octanol–water partition coefficient (Wildman–Crippen LogP) is 4.11. The Balaban J connectivity index is 1.51. The summed E-state index contributed by atoms with van der Waals surface area (Å²) in [6.07, 6.45) is 0.806. The number of H-pyrrole nitrogens is 1. The molecule has 9 heteroatoms. The second-order valence-electron chi connectivity index (χ2n) is 8.00. The first kappa shape index (κ1) is 23.3. The van der Waals surface area contributed by atoms with Gasteiger partial charge in [0, 0.05) is 18.5 Å². The third-order valence-corrected chi connectivity index (χ3v) is 5.63. The topological polar surface area (TPSA) is 119 Å². The van der Waals surface area contributed by atoms with Gasteiger partial charge in [0.2, 0.25) is 0 Å². The minimum Gasteiger partial charge on any atom is -0.456 e. The smallest absolute Gasteiger partial charge is 0.359 e. The first-order chi connectivity index (χ1) is 16.5. The van der Waals surface area contributed by atoms with E-state index in [1.807, 2.05) is 60.0 Å². The molecule has 2 heterocycles. The van der Waals surface area contributed by atoms with Gasteiger partial charge < -0.3 is 14.4 Å². The van der Waals surface area contributed by atoms with E-state index < -0.39 is 12.1 Å². The van der Waals surface area contributed by atoms with Gasteiger partial charge in [0.25, 0.3) is 0 Å². The molecule has 0 saturated heterocycles. The summed E-state index contributed by atoms with van der Waals surface area (Å²) in [4.78, 5) is 17.4. The first-order valence-electron chi connectivity index (χ1n) is 11.4. The fourth-order valence-electron chi connectivity index (χ4n) is 4.07. The molecule has 0 aliphatic carbocycles. The Hall–Kier alpha value is -3.85.